The molecule has 1 saturated carbocycles. The largest absolute Gasteiger partial charge is 0.491 e. The fraction of sp³-hybridized carbons (Fsp3) is 0.625. The van der Waals surface area contributed by atoms with Crippen molar-refractivity contribution in [2.24, 2.45) is 5.92 Å². The van der Waals surface area contributed by atoms with Gasteiger partial charge in [-0.15, -0.1) is 0 Å². The number of hydrogen-bond acceptors (Lipinski definition) is 2. The van der Waals surface area contributed by atoms with Crippen LogP contribution < -0.4 is 10.1 Å². The molecule has 1 aromatic carbocycles. The quantitative estimate of drug-likeness (QED) is 0.848. The Labute approximate surface area is 111 Å². The normalized spacial score (nSPS) is 24.0. The molecule has 1 aliphatic carbocycles. The molecular weight excluding hydrogens is 222 g/mol. The van der Waals surface area contributed by atoms with Gasteiger partial charge in [-0.05, 0) is 56.9 Å². The highest BCUT2D eigenvalue weighted by molar-refractivity contribution is 5.47. The number of nitrogens with one attached hydrogen (secondary N) is 1. The summed E-state index contributed by atoms with van der Waals surface area (Å²) < 4.78 is 5.65. The Morgan fingerprint density at radius 3 is 2.50 bits per heavy atom. The third-order valence-electron chi connectivity index (χ3n) is 3.53. The van der Waals surface area contributed by atoms with E-state index in [2.05, 4.69) is 50.4 Å². The number of hydrogen-bond donors (Lipinski definition) is 1. The van der Waals surface area contributed by atoms with Crippen LogP contribution in [0.15, 0.2) is 24.3 Å². The smallest absolute Gasteiger partial charge is 0.119 e. The third-order valence-corrected chi connectivity index (χ3v) is 3.53. The van der Waals surface area contributed by atoms with Gasteiger partial charge in [0, 0.05) is 11.7 Å². The highest BCUT2D eigenvalue weighted by atomic mass is 16.5. The van der Waals surface area contributed by atoms with Gasteiger partial charge in [-0.25, -0.2) is 0 Å². The molecule has 2 heteroatoms. The summed E-state index contributed by atoms with van der Waals surface area (Å²) in [5, 5.41) is 3.64. The van der Waals surface area contributed by atoms with Crippen LogP contribution in [0.3, 0.4) is 0 Å². The van der Waals surface area contributed by atoms with Gasteiger partial charge in [0.1, 0.15) is 5.75 Å². The van der Waals surface area contributed by atoms with Crippen molar-refractivity contribution in [2.45, 2.75) is 58.6 Å². The third kappa shape index (κ3) is 3.94. The summed E-state index contributed by atoms with van der Waals surface area (Å²) >= 11 is 0. The Kier molecular flexibility index (Phi) is 4.51. The van der Waals surface area contributed by atoms with Crippen LogP contribution in [0.4, 0.5) is 5.69 Å². The highest BCUT2D eigenvalue weighted by Gasteiger charge is 2.18. The summed E-state index contributed by atoms with van der Waals surface area (Å²) in [7, 11) is 0. The van der Waals surface area contributed by atoms with Gasteiger partial charge in [0.25, 0.3) is 0 Å². The van der Waals surface area contributed by atoms with E-state index >= 15 is 0 Å². The van der Waals surface area contributed by atoms with Crippen LogP contribution in [0.1, 0.15) is 46.5 Å². The Morgan fingerprint density at radius 1 is 1.17 bits per heavy atom. The van der Waals surface area contributed by atoms with E-state index < -0.39 is 0 Å². The van der Waals surface area contributed by atoms with Crippen LogP contribution in [-0.4, -0.2) is 12.1 Å². The first-order chi connectivity index (χ1) is 8.63. The first-order valence-electron chi connectivity index (χ1n) is 7.16. The van der Waals surface area contributed by atoms with Crippen molar-refractivity contribution in [1.29, 1.82) is 0 Å². The van der Waals surface area contributed by atoms with Gasteiger partial charge < -0.3 is 10.1 Å². The summed E-state index contributed by atoms with van der Waals surface area (Å²) in [6, 6.07) is 8.99. The van der Waals surface area contributed by atoms with E-state index in [1.165, 1.54) is 31.4 Å². The van der Waals surface area contributed by atoms with E-state index in [4.69, 9.17) is 4.74 Å². The second-order valence-electron chi connectivity index (χ2n) is 5.80. The van der Waals surface area contributed by atoms with Gasteiger partial charge in [-0.1, -0.05) is 19.8 Å². The number of benzene rings is 1. The number of ether oxygens (including phenoxy) is 1. The maximum atomic E-state index is 5.65. The lowest BCUT2D eigenvalue weighted by molar-refractivity contribution is 0.242. The Balaban J connectivity index is 1.89. The minimum absolute atomic E-state index is 0.239. The zero-order chi connectivity index (χ0) is 13.0. The average Bonchev–Trinajstić information content (AvgIpc) is 2.31. The first kappa shape index (κ1) is 13.3. The zero-order valence-electron chi connectivity index (χ0n) is 11.8. The van der Waals surface area contributed by atoms with Crippen LogP contribution in [0.2, 0.25) is 0 Å². The fourth-order valence-corrected chi connectivity index (χ4v) is 2.70. The Hall–Kier alpha value is -1.18. The molecule has 18 heavy (non-hydrogen) atoms. The maximum Gasteiger partial charge on any atom is 0.119 e. The molecule has 0 amide bonds. The molecule has 2 rings (SSSR count). The van der Waals surface area contributed by atoms with Crippen molar-refractivity contribution in [2.75, 3.05) is 5.32 Å². The van der Waals surface area contributed by atoms with Crippen molar-refractivity contribution in [3.63, 3.8) is 0 Å². The molecule has 1 aromatic rings. The molecule has 0 saturated heterocycles. The van der Waals surface area contributed by atoms with Crippen molar-refractivity contribution >= 4 is 5.69 Å². The van der Waals surface area contributed by atoms with Crippen molar-refractivity contribution in [1.82, 2.24) is 0 Å². The summed E-state index contributed by atoms with van der Waals surface area (Å²) in [5.74, 6) is 1.81. The van der Waals surface area contributed by atoms with Crippen LogP contribution in [-0.2, 0) is 0 Å². The minimum Gasteiger partial charge on any atom is -0.491 e. The van der Waals surface area contributed by atoms with Crippen LogP contribution in [0.25, 0.3) is 0 Å². The summed E-state index contributed by atoms with van der Waals surface area (Å²) in [6.45, 7) is 6.46. The van der Waals surface area contributed by atoms with Crippen molar-refractivity contribution in [3.8, 4) is 5.75 Å². The van der Waals surface area contributed by atoms with Gasteiger partial charge in [0.05, 0.1) is 6.10 Å². The van der Waals surface area contributed by atoms with E-state index in [9.17, 15) is 0 Å². The van der Waals surface area contributed by atoms with Gasteiger partial charge >= 0.3 is 0 Å². The molecule has 1 N–H and O–H groups in total. The Bertz CT molecular complexity index is 358. The monoisotopic (exact) mass is 247 g/mol. The lowest BCUT2D eigenvalue weighted by Crippen LogP contribution is -2.26. The SMILES string of the molecule is CC1CCCC(Nc2ccc(OC(C)C)cc2)C1. The van der Waals surface area contributed by atoms with E-state index in [0.29, 0.717) is 6.04 Å². The molecule has 0 aromatic heterocycles. The van der Waals surface area contributed by atoms with Crippen molar-refractivity contribution in [3.05, 3.63) is 24.3 Å². The molecule has 0 heterocycles. The molecule has 1 fully saturated rings. The molecule has 0 aliphatic heterocycles. The van der Waals surface area contributed by atoms with Crippen molar-refractivity contribution < 1.29 is 4.74 Å². The van der Waals surface area contributed by atoms with Gasteiger partial charge in [-0.3, -0.25) is 0 Å². The molecule has 0 radical (unpaired) electrons. The molecule has 2 unspecified atom stereocenters. The van der Waals surface area contributed by atoms with E-state index in [-0.39, 0.29) is 6.10 Å². The lowest BCUT2D eigenvalue weighted by Gasteiger charge is -2.28. The van der Waals surface area contributed by atoms with Crippen LogP contribution in [0.5, 0.6) is 5.75 Å². The lowest BCUT2D eigenvalue weighted by atomic mass is 9.87. The molecule has 0 spiro atoms. The zero-order valence-corrected chi connectivity index (χ0v) is 11.8. The second kappa shape index (κ2) is 6.12. The molecule has 100 valence electrons. The highest BCUT2D eigenvalue weighted by Crippen LogP contribution is 2.26. The molecule has 2 nitrogen and oxygen atoms in total. The number of rotatable bonds is 4. The fourth-order valence-electron chi connectivity index (χ4n) is 2.70. The molecule has 2 atom stereocenters. The Morgan fingerprint density at radius 2 is 1.89 bits per heavy atom. The second-order valence-corrected chi connectivity index (χ2v) is 5.80. The summed E-state index contributed by atoms with van der Waals surface area (Å²) in [6.07, 6.45) is 5.58. The van der Waals surface area contributed by atoms with Gasteiger partial charge in [0.15, 0.2) is 0 Å². The predicted molar refractivity (Wildman–Crippen MR) is 77.2 cm³/mol. The van der Waals surface area contributed by atoms with Crippen LogP contribution >= 0.6 is 0 Å². The molecule has 1 aliphatic rings. The molecule has 0 bridgehead atoms. The predicted octanol–water partition coefficient (Wildman–Crippen LogP) is 4.46. The maximum absolute atomic E-state index is 5.65. The first-order valence-corrected chi connectivity index (χ1v) is 7.16. The molecular formula is C16H25NO. The standard InChI is InChI=1S/C16H25NO/c1-12(2)18-16-9-7-14(8-10-16)17-15-6-4-5-13(3)11-15/h7-10,12-13,15,17H,4-6,11H2,1-3H3. The topological polar surface area (TPSA) is 21.3 Å². The minimum atomic E-state index is 0.239. The van der Waals surface area contributed by atoms with Gasteiger partial charge in [0.2, 0.25) is 0 Å². The summed E-state index contributed by atoms with van der Waals surface area (Å²) in [4.78, 5) is 0. The average molecular weight is 247 g/mol. The summed E-state index contributed by atoms with van der Waals surface area (Å²) in [5.41, 5.74) is 1.21. The van der Waals surface area contributed by atoms with E-state index in [0.717, 1.165) is 11.7 Å². The number of anilines is 1. The van der Waals surface area contributed by atoms with E-state index in [1.54, 1.807) is 0 Å². The van der Waals surface area contributed by atoms with Gasteiger partial charge in [-0.2, -0.15) is 0 Å². The van der Waals surface area contributed by atoms with E-state index in [1.807, 2.05) is 0 Å². The van der Waals surface area contributed by atoms with Crippen LogP contribution in [0, 0.1) is 5.92 Å².